The van der Waals surface area contributed by atoms with Crippen LogP contribution in [0.4, 0.5) is 0 Å². The second-order valence-corrected chi connectivity index (χ2v) is 6.21. The van der Waals surface area contributed by atoms with Crippen LogP contribution in [0.25, 0.3) is 0 Å². The summed E-state index contributed by atoms with van der Waals surface area (Å²) in [6.45, 7) is 8.10. The molecule has 0 aliphatic heterocycles. The second kappa shape index (κ2) is 6.53. The summed E-state index contributed by atoms with van der Waals surface area (Å²) in [5.74, 6) is 0.344. The largest absolute Gasteiger partial charge is 0.368 e. The maximum atomic E-state index is 11.6. The number of hydrogen-bond donors (Lipinski definition) is 2. The van der Waals surface area contributed by atoms with Gasteiger partial charge in [0.25, 0.3) is 0 Å². The van der Waals surface area contributed by atoms with Gasteiger partial charge in [0.2, 0.25) is 5.91 Å². The van der Waals surface area contributed by atoms with Crippen molar-refractivity contribution in [2.75, 3.05) is 20.1 Å². The lowest BCUT2D eigenvalue weighted by molar-refractivity contribution is -0.124. The molecule has 0 saturated heterocycles. The molecule has 1 atom stereocenters. The number of likely N-dealkylation sites (N-methyl/N-ethyl adjacent to an activating group) is 1. The van der Waals surface area contributed by atoms with Crippen molar-refractivity contribution < 1.29 is 4.79 Å². The van der Waals surface area contributed by atoms with Crippen molar-refractivity contribution in [1.82, 2.24) is 10.2 Å². The molecule has 1 unspecified atom stereocenters. The van der Waals surface area contributed by atoms with Crippen LogP contribution in [0.15, 0.2) is 0 Å². The summed E-state index contributed by atoms with van der Waals surface area (Å²) in [5, 5.41) is 3.09. The minimum atomic E-state index is -0.628. The Morgan fingerprint density at radius 1 is 1.44 bits per heavy atom. The van der Waals surface area contributed by atoms with Crippen LogP contribution in [0, 0.1) is 5.92 Å². The molecule has 1 fully saturated rings. The fourth-order valence-corrected chi connectivity index (χ4v) is 2.77. The molecule has 106 valence electrons. The van der Waals surface area contributed by atoms with Crippen LogP contribution in [-0.2, 0) is 4.79 Å². The Morgan fingerprint density at radius 2 is 2.00 bits per heavy atom. The highest BCUT2D eigenvalue weighted by molar-refractivity contribution is 5.84. The zero-order chi connectivity index (χ0) is 13.8. The number of hydrogen-bond acceptors (Lipinski definition) is 3. The van der Waals surface area contributed by atoms with E-state index in [4.69, 9.17) is 5.73 Å². The van der Waals surface area contributed by atoms with Gasteiger partial charge in [-0.05, 0) is 32.7 Å². The van der Waals surface area contributed by atoms with Gasteiger partial charge < -0.3 is 11.1 Å². The molecule has 1 rings (SSSR count). The average Bonchev–Trinajstić information content (AvgIpc) is 2.80. The van der Waals surface area contributed by atoms with Crippen LogP contribution >= 0.6 is 0 Å². The third-order valence-electron chi connectivity index (χ3n) is 4.06. The number of carbonyl (C=O) groups excluding carboxylic acids is 1. The molecule has 0 aromatic heterocycles. The summed E-state index contributed by atoms with van der Waals surface area (Å²) >= 11 is 0. The van der Waals surface area contributed by atoms with Crippen LogP contribution in [0.1, 0.15) is 46.5 Å². The molecule has 1 aliphatic carbocycles. The van der Waals surface area contributed by atoms with Gasteiger partial charge in [0.1, 0.15) is 5.54 Å². The first kappa shape index (κ1) is 15.4. The molecule has 0 bridgehead atoms. The number of nitrogens with zero attached hydrogens (tertiary/aromatic N) is 1. The van der Waals surface area contributed by atoms with E-state index in [1.54, 1.807) is 0 Å². The van der Waals surface area contributed by atoms with E-state index in [-0.39, 0.29) is 5.91 Å². The van der Waals surface area contributed by atoms with Crippen LogP contribution in [-0.4, -0.2) is 42.5 Å². The highest BCUT2D eigenvalue weighted by atomic mass is 16.1. The molecular formula is C14H29N3O. The molecule has 0 spiro atoms. The lowest BCUT2D eigenvalue weighted by atomic mass is 9.98. The van der Waals surface area contributed by atoms with Gasteiger partial charge in [0.05, 0.1) is 0 Å². The molecule has 0 radical (unpaired) electrons. The van der Waals surface area contributed by atoms with E-state index in [1.807, 2.05) is 14.0 Å². The molecular weight excluding hydrogens is 226 g/mol. The molecule has 3 N–H and O–H groups in total. The number of carbonyl (C=O) groups is 1. The Balaban J connectivity index is 2.73. The summed E-state index contributed by atoms with van der Waals surface area (Å²) in [6, 6.07) is 0.624. The predicted molar refractivity (Wildman–Crippen MR) is 75.3 cm³/mol. The molecule has 0 aromatic carbocycles. The molecule has 0 heterocycles. The molecule has 18 heavy (non-hydrogen) atoms. The summed E-state index contributed by atoms with van der Waals surface area (Å²) in [5.41, 5.74) is 4.90. The number of rotatable bonds is 7. The van der Waals surface area contributed by atoms with Crippen LogP contribution < -0.4 is 11.1 Å². The molecule has 4 heteroatoms. The van der Waals surface area contributed by atoms with Crippen LogP contribution in [0.5, 0.6) is 0 Å². The van der Waals surface area contributed by atoms with Crippen molar-refractivity contribution in [3.8, 4) is 0 Å². The highest BCUT2D eigenvalue weighted by Crippen LogP contribution is 2.25. The number of primary amides is 1. The molecule has 1 saturated carbocycles. The van der Waals surface area contributed by atoms with E-state index >= 15 is 0 Å². The van der Waals surface area contributed by atoms with Gasteiger partial charge in [0, 0.05) is 19.1 Å². The Bertz CT molecular complexity index is 274. The smallest absolute Gasteiger partial charge is 0.238 e. The summed E-state index contributed by atoms with van der Waals surface area (Å²) in [7, 11) is 1.81. The van der Waals surface area contributed by atoms with Crippen molar-refractivity contribution in [3.63, 3.8) is 0 Å². The maximum absolute atomic E-state index is 11.6. The average molecular weight is 255 g/mol. The van der Waals surface area contributed by atoms with Crippen molar-refractivity contribution in [2.24, 2.45) is 11.7 Å². The summed E-state index contributed by atoms with van der Waals surface area (Å²) < 4.78 is 0. The van der Waals surface area contributed by atoms with Crippen molar-refractivity contribution >= 4 is 5.91 Å². The van der Waals surface area contributed by atoms with E-state index in [0.717, 1.165) is 6.54 Å². The third-order valence-corrected chi connectivity index (χ3v) is 4.06. The van der Waals surface area contributed by atoms with Crippen molar-refractivity contribution in [2.45, 2.75) is 58.0 Å². The van der Waals surface area contributed by atoms with E-state index < -0.39 is 5.54 Å². The van der Waals surface area contributed by atoms with Gasteiger partial charge in [-0.3, -0.25) is 9.69 Å². The SMILES string of the molecule is CNC(C)(CN(CC(C)C)C1CCCC1)C(N)=O. The molecule has 4 nitrogen and oxygen atoms in total. The fourth-order valence-electron chi connectivity index (χ4n) is 2.77. The Kier molecular flexibility index (Phi) is 5.60. The second-order valence-electron chi connectivity index (χ2n) is 6.21. The van der Waals surface area contributed by atoms with Crippen molar-refractivity contribution in [1.29, 1.82) is 0 Å². The van der Waals surface area contributed by atoms with E-state index in [0.29, 0.717) is 18.5 Å². The van der Waals surface area contributed by atoms with Gasteiger partial charge in [-0.25, -0.2) is 0 Å². The topological polar surface area (TPSA) is 58.4 Å². The lowest BCUT2D eigenvalue weighted by Crippen LogP contribution is -2.60. The summed E-state index contributed by atoms with van der Waals surface area (Å²) in [6.07, 6.45) is 5.13. The molecule has 1 aliphatic rings. The number of amides is 1. The van der Waals surface area contributed by atoms with Gasteiger partial charge in [-0.1, -0.05) is 26.7 Å². The first-order valence-electron chi connectivity index (χ1n) is 7.12. The minimum absolute atomic E-state index is 0.267. The monoisotopic (exact) mass is 255 g/mol. The predicted octanol–water partition coefficient (Wildman–Crippen LogP) is 1.35. The van der Waals surface area contributed by atoms with E-state index in [2.05, 4.69) is 24.1 Å². The number of nitrogens with one attached hydrogen (secondary N) is 1. The normalized spacial score (nSPS) is 20.6. The van der Waals surface area contributed by atoms with Crippen LogP contribution in [0.2, 0.25) is 0 Å². The Hall–Kier alpha value is -0.610. The fraction of sp³-hybridized carbons (Fsp3) is 0.929. The van der Waals surface area contributed by atoms with Gasteiger partial charge in [-0.15, -0.1) is 0 Å². The molecule has 1 amide bonds. The van der Waals surface area contributed by atoms with E-state index in [9.17, 15) is 4.79 Å². The first-order valence-corrected chi connectivity index (χ1v) is 7.12. The Morgan fingerprint density at radius 3 is 2.39 bits per heavy atom. The third kappa shape index (κ3) is 3.95. The molecule has 0 aromatic rings. The zero-order valence-corrected chi connectivity index (χ0v) is 12.3. The lowest BCUT2D eigenvalue weighted by Gasteiger charge is -2.37. The van der Waals surface area contributed by atoms with Gasteiger partial charge in [0.15, 0.2) is 0 Å². The zero-order valence-electron chi connectivity index (χ0n) is 12.3. The maximum Gasteiger partial charge on any atom is 0.238 e. The quantitative estimate of drug-likeness (QED) is 0.722. The van der Waals surface area contributed by atoms with E-state index in [1.165, 1.54) is 25.7 Å². The van der Waals surface area contributed by atoms with Crippen LogP contribution in [0.3, 0.4) is 0 Å². The van der Waals surface area contributed by atoms with Gasteiger partial charge in [-0.2, -0.15) is 0 Å². The number of nitrogens with two attached hydrogens (primary N) is 1. The summed E-state index contributed by atoms with van der Waals surface area (Å²) in [4.78, 5) is 14.1. The minimum Gasteiger partial charge on any atom is -0.368 e. The van der Waals surface area contributed by atoms with Gasteiger partial charge >= 0.3 is 0 Å². The first-order chi connectivity index (χ1) is 8.39. The van der Waals surface area contributed by atoms with Crippen molar-refractivity contribution in [3.05, 3.63) is 0 Å². The standard InChI is InChI=1S/C14H29N3O/c1-11(2)9-17(12-7-5-6-8-12)10-14(3,16-4)13(15)18/h11-12,16H,5-10H2,1-4H3,(H2,15,18). The Labute approximate surface area is 111 Å². The highest BCUT2D eigenvalue weighted by Gasteiger charge is 2.34.